The highest BCUT2D eigenvalue weighted by atomic mass is 32.2. The van der Waals surface area contributed by atoms with Crippen LogP contribution in [0.15, 0.2) is 122 Å². The maximum Gasteiger partial charge on any atom is 0.294 e. The summed E-state index contributed by atoms with van der Waals surface area (Å²) in [4.78, 5) is 38.9. The predicted octanol–water partition coefficient (Wildman–Crippen LogP) is 7.43. The van der Waals surface area contributed by atoms with Gasteiger partial charge >= 0.3 is 0 Å². The summed E-state index contributed by atoms with van der Waals surface area (Å²) in [6, 6.07) is 13.9. The second-order valence-corrected chi connectivity index (χ2v) is 25.6. The molecule has 3 aliphatic heterocycles. The van der Waals surface area contributed by atoms with Gasteiger partial charge in [0.2, 0.25) is 17.5 Å². The van der Waals surface area contributed by atoms with E-state index in [1.165, 1.54) is 48.5 Å². The van der Waals surface area contributed by atoms with E-state index in [0.717, 1.165) is 16.2 Å². The van der Waals surface area contributed by atoms with E-state index in [2.05, 4.69) is 4.58 Å². The van der Waals surface area contributed by atoms with Gasteiger partial charge in [0.15, 0.2) is 11.5 Å². The van der Waals surface area contributed by atoms with Crippen molar-refractivity contribution < 1.29 is 75.6 Å². The minimum atomic E-state index is -4.58. The standard InChI is InChI=1S/C51H59N3O16S4/c1-50(2)41-31-39(73(64,65)66)20-22-43(41)52(28-7-5-6-13-36(55)33-54-47(56)26-27-48(54)57)45(50)24-14-34-11-10-12-35(49(34)70-37-16-18-38(19-17-37)72(61,62)63)15-25-46-51(3,4)42-32-40(74(67,68)69)21-23-44(42)53(46)29-8-9-30-71(58,59)60/h14-25,31-32H,5-13,26-30,33H2,1-4H3,(H3-,58,59,60,61,62,63,64,65,66,67,68,69)/p+1. The van der Waals surface area contributed by atoms with E-state index in [1.54, 1.807) is 12.1 Å². The zero-order valence-electron chi connectivity index (χ0n) is 41.4. The van der Waals surface area contributed by atoms with Crippen molar-refractivity contribution in [1.82, 2.24) is 4.90 Å². The molecule has 19 nitrogen and oxygen atoms in total. The quantitative estimate of drug-likeness (QED) is 0.0349. The number of unbranched alkanes of at least 4 members (excludes halogenated alkanes) is 3. The van der Waals surface area contributed by atoms with Crippen LogP contribution in [0.1, 0.15) is 109 Å². The lowest BCUT2D eigenvalue weighted by Gasteiger charge is -2.27. The molecule has 0 spiro atoms. The Labute approximate surface area is 432 Å². The molecule has 4 aliphatic rings. The number of likely N-dealkylation sites (tertiary alicyclic amines) is 1. The fraction of sp³-hybridized carbons (Fsp3) is 0.412. The van der Waals surface area contributed by atoms with Crippen molar-refractivity contribution >= 4 is 75.2 Å². The van der Waals surface area contributed by atoms with Gasteiger partial charge < -0.3 is 9.64 Å². The van der Waals surface area contributed by atoms with Crippen LogP contribution < -0.4 is 9.64 Å². The number of nitrogens with zero attached hydrogens (tertiary/aromatic N) is 3. The fourth-order valence-corrected chi connectivity index (χ4v) is 12.1. The molecule has 3 aromatic carbocycles. The van der Waals surface area contributed by atoms with Crippen molar-refractivity contribution in [2.24, 2.45) is 0 Å². The van der Waals surface area contributed by atoms with Crippen molar-refractivity contribution in [3.63, 3.8) is 0 Å². The van der Waals surface area contributed by atoms with E-state index < -0.39 is 57.1 Å². The molecule has 0 atom stereocenters. The molecule has 1 fully saturated rings. The molecule has 398 valence electrons. The van der Waals surface area contributed by atoms with Crippen LogP contribution in [0.5, 0.6) is 5.75 Å². The van der Waals surface area contributed by atoms with E-state index in [-0.39, 0.29) is 76.8 Å². The van der Waals surface area contributed by atoms with E-state index in [9.17, 15) is 66.3 Å². The molecule has 4 N–H and O–H groups in total. The van der Waals surface area contributed by atoms with Crippen LogP contribution in [-0.2, 0) is 65.7 Å². The summed E-state index contributed by atoms with van der Waals surface area (Å²) >= 11 is 0. The minimum Gasteiger partial charge on any atom is -0.457 e. The Bertz CT molecular complexity index is 3390. The Morgan fingerprint density at radius 2 is 1.27 bits per heavy atom. The lowest BCUT2D eigenvalue weighted by Crippen LogP contribution is -2.34. The highest BCUT2D eigenvalue weighted by Gasteiger charge is 2.45. The number of carbonyl (C=O) groups is 3. The molecule has 0 saturated carbocycles. The average Bonchev–Trinajstić information content (AvgIpc) is 3.82. The maximum atomic E-state index is 12.7. The Balaban J connectivity index is 1.28. The number of allylic oxidation sites excluding steroid dienone is 7. The number of ether oxygens (including phenoxy) is 1. The van der Waals surface area contributed by atoms with Crippen molar-refractivity contribution in [2.75, 3.05) is 30.3 Å². The number of carbonyl (C=O) groups excluding carboxylic acids is 3. The highest BCUT2D eigenvalue weighted by molar-refractivity contribution is 7.86. The number of Topliss-reactive ketones (excluding diaryl/α,β-unsaturated/α-hetero) is 1. The monoisotopic (exact) mass is 1100 g/mol. The van der Waals surface area contributed by atoms with Gasteiger partial charge in [-0.15, -0.1) is 0 Å². The number of hydrogen-bond donors (Lipinski definition) is 4. The molecule has 0 radical (unpaired) electrons. The van der Waals surface area contributed by atoms with Crippen molar-refractivity contribution in [3.8, 4) is 5.75 Å². The number of amides is 2. The summed E-state index contributed by atoms with van der Waals surface area (Å²) in [7, 11) is -17.9. The summed E-state index contributed by atoms with van der Waals surface area (Å²) in [6.07, 6.45) is 11.7. The molecular formula is C51H60N3O16S4+. The molecule has 0 unspecified atom stereocenters. The van der Waals surface area contributed by atoms with Crippen molar-refractivity contribution in [1.29, 1.82) is 0 Å². The van der Waals surface area contributed by atoms with Gasteiger partial charge in [-0.1, -0.05) is 19.9 Å². The summed E-state index contributed by atoms with van der Waals surface area (Å²) in [6.45, 7) is 8.08. The third kappa shape index (κ3) is 12.7. The summed E-state index contributed by atoms with van der Waals surface area (Å²) in [5, 5.41) is 0. The first-order valence-corrected chi connectivity index (χ1v) is 29.9. The van der Waals surface area contributed by atoms with Gasteiger partial charge in [-0.25, -0.2) is 0 Å². The smallest absolute Gasteiger partial charge is 0.294 e. The molecule has 3 aromatic rings. The molecule has 0 bridgehead atoms. The molecule has 7 rings (SSSR count). The van der Waals surface area contributed by atoms with Gasteiger partial charge in [-0.2, -0.15) is 38.2 Å². The average molecular weight is 1100 g/mol. The van der Waals surface area contributed by atoms with Gasteiger partial charge in [0, 0.05) is 66.7 Å². The lowest BCUT2D eigenvalue weighted by atomic mass is 9.81. The first-order valence-electron chi connectivity index (χ1n) is 24.0. The first kappa shape index (κ1) is 56.1. The molecule has 0 aromatic heterocycles. The molecule has 1 aliphatic carbocycles. The molecule has 3 heterocycles. The zero-order valence-corrected chi connectivity index (χ0v) is 44.6. The summed E-state index contributed by atoms with van der Waals surface area (Å²) < 4.78 is 144. The number of imide groups is 1. The molecule has 23 heteroatoms. The Hall–Kier alpha value is -5.66. The summed E-state index contributed by atoms with van der Waals surface area (Å²) in [5.74, 6) is -0.732. The Kier molecular flexibility index (Phi) is 16.3. The SMILES string of the molecule is CC1(C)C(/C=C/C2=C(Oc3ccc(S(=O)(=O)O)cc3)C(=C/C=C3/N(CCCCS(=O)(=O)O)c4ccc(S(=O)(=O)O)cc4C3(C)C)/CCC2)=[N+](CCCCCC(=O)CN2C(=O)CCC2=O)c2ccc(S(=O)(=O)O)cc21. The van der Waals surface area contributed by atoms with E-state index >= 15 is 0 Å². The molecule has 74 heavy (non-hydrogen) atoms. The van der Waals surface area contributed by atoms with Gasteiger partial charge in [-0.05, 0) is 142 Å². The van der Waals surface area contributed by atoms with Crippen LogP contribution in [-0.4, -0.2) is 110 Å². The number of hydrogen-bond acceptors (Lipinski definition) is 13. The normalized spacial score (nSPS) is 19.1. The van der Waals surface area contributed by atoms with Crippen LogP contribution in [0, 0.1) is 0 Å². The van der Waals surface area contributed by atoms with Gasteiger partial charge in [0.05, 0.1) is 32.4 Å². The fourth-order valence-electron chi connectivity index (χ4n) is 10.00. The van der Waals surface area contributed by atoms with Crippen molar-refractivity contribution in [3.05, 3.63) is 119 Å². The zero-order chi connectivity index (χ0) is 54.2. The maximum absolute atomic E-state index is 12.7. The third-order valence-electron chi connectivity index (χ3n) is 13.9. The van der Waals surface area contributed by atoms with Crippen LogP contribution in [0.2, 0.25) is 0 Å². The predicted molar refractivity (Wildman–Crippen MR) is 274 cm³/mol. The van der Waals surface area contributed by atoms with Gasteiger partial charge in [0.1, 0.15) is 18.1 Å². The van der Waals surface area contributed by atoms with E-state index in [0.29, 0.717) is 91.0 Å². The molecule has 2 amide bonds. The second kappa shape index (κ2) is 21.5. The number of benzene rings is 3. The van der Waals surface area contributed by atoms with Crippen LogP contribution >= 0.6 is 0 Å². The van der Waals surface area contributed by atoms with E-state index in [1.807, 2.05) is 56.9 Å². The van der Waals surface area contributed by atoms with Gasteiger partial charge in [-0.3, -0.25) is 37.5 Å². The number of anilines is 1. The van der Waals surface area contributed by atoms with Crippen LogP contribution in [0.4, 0.5) is 11.4 Å². The molecular weight excluding hydrogens is 1040 g/mol. The second-order valence-electron chi connectivity index (χ2n) is 19.8. The van der Waals surface area contributed by atoms with Crippen LogP contribution in [0.3, 0.4) is 0 Å². The first-order chi connectivity index (χ1) is 34.5. The molecule has 1 saturated heterocycles. The van der Waals surface area contributed by atoms with Crippen molar-refractivity contribution in [2.45, 2.75) is 124 Å². The Morgan fingerprint density at radius 3 is 1.89 bits per heavy atom. The third-order valence-corrected chi connectivity index (χ3v) is 17.3. The summed E-state index contributed by atoms with van der Waals surface area (Å²) in [5.41, 5.74) is 3.74. The minimum absolute atomic E-state index is 0.0980. The topological polar surface area (TPSA) is 287 Å². The van der Waals surface area contributed by atoms with Crippen LogP contribution in [0.25, 0.3) is 0 Å². The number of ketones is 1. The number of fused-ring (bicyclic) bond motifs is 2. The largest absolute Gasteiger partial charge is 0.457 e. The Morgan fingerprint density at radius 1 is 0.662 bits per heavy atom. The lowest BCUT2D eigenvalue weighted by molar-refractivity contribution is -0.438. The van der Waals surface area contributed by atoms with E-state index in [4.69, 9.17) is 4.74 Å². The van der Waals surface area contributed by atoms with Gasteiger partial charge in [0.25, 0.3) is 40.5 Å². The highest BCUT2D eigenvalue weighted by Crippen LogP contribution is 2.49. The number of rotatable bonds is 21.